The zero-order valence-corrected chi connectivity index (χ0v) is 13.1. The predicted molar refractivity (Wildman–Crippen MR) is 77.1 cm³/mol. The number of alkyl halides is 2. The Kier molecular flexibility index (Phi) is 4.95. The summed E-state index contributed by atoms with van der Waals surface area (Å²) in [4.78, 5) is 0. The highest BCUT2D eigenvalue weighted by atomic mass is 32.2. The Balaban J connectivity index is 2.23. The molecule has 6 nitrogen and oxygen atoms in total. The second-order valence-electron chi connectivity index (χ2n) is 4.71. The van der Waals surface area contributed by atoms with Gasteiger partial charge in [0.1, 0.15) is 5.75 Å². The number of methoxy groups -OCH3 is 1. The highest BCUT2D eigenvalue weighted by Gasteiger charge is 2.24. The molecule has 23 heavy (non-hydrogen) atoms. The molecule has 2 N–H and O–H groups in total. The van der Waals surface area contributed by atoms with Crippen molar-refractivity contribution in [1.82, 2.24) is 14.5 Å². The van der Waals surface area contributed by atoms with Crippen molar-refractivity contribution in [2.75, 3.05) is 7.11 Å². The maximum Gasteiger partial charge on any atom is 0.333 e. The predicted octanol–water partition coefficient (Wildman–Crippen LogP) is 3.10. The molecule has 0 fully saturated rings. The Morgan fingerprint density at radius 1 is 1.35 bits per heavy atom. The Morgan fingerprint density at radius 3 is 2.43 bits per heavy atom. The summed E-state index contributed by atoms with van der Waals surface area (Å²) in [6.45, 7) is -1.47. The maximum absolute atomic E-state index is 13.6. The third-order valence-electron chi connectivity index (χ3n) is 3.09. The van der Waals surface area contributed by atoms with Gasteiger partial charge in [-0.05, 0) is 24.6 Å². The molecule has 0 saturated heterocycles. The van der Waals surface area contributed by atoms with Gasteiger partial charge in [0.25, 0.3) is 0 Å². The Morgan fingerprint density at radius 2 is 1.96 bits per heavy atom. The van der Waals surface area contributed by atoms with E-state index in [-0.39, 0.29) is 4.68 Å². The molecular weight excluding hydrogens is 333 g/mol. The van der Waals surface area contributed by atoms with Crippen LogP contribution in [0.1, 0.15) is 25.1 Å². The van der Waals surface area contributed by atoms with Gasteiger partial charge in [0, 0.05) is 6.04 Å². The summed E-state index contributed by atoms with van der Waals surface area (Å²) < 4.78 is 66.2. The number of aromatic nitrogens is 2. The summed E-state index contributed by atoms with van der Waals surface area (Å²) in [6, 6.07) is 6.11. The normalized spacial score (nSPS) is 15.4. The minimum Gasteiger partial charge on any atom is -0.497 e. The number of nitrogens with zero attached hydrogens (tertiary/aromatic N) is 2. The molecule has 0 saturated carbocycles. The standard InChI is InChI=1S/C13H15F3N4O2S/c1-8(9-3-5-10(22-2)6-4-9)19-23(17,21)12-11(14)7-20(18-12)13(15)16/h3-8,13H,1-2H3,(H2,17,19,21)/t8-,23-/m0/s1. The molecule has 126 valence electrons. The van der Waals surface area contributed by atoms with Crippen molar-refractivity contribution < 1.29 is 22.1 Å². The number of nitrogens with one attached hydrogen (secondary N) is 2. The van der Waals surface area contributed by atoms with Crippen LogP contribution in [0, 0.1) is 10.6 Å². The molecule has 0 aliphatic carbocycles. The first-order chi connectivity index (χ1) is 10.7. The molecule has 2 atom stereocenters. The van der Waals surface area contributed by atoms with Crippen LogP contribution < -0.4 is 9.46 Å². The van der Waals surface area contributed by atoms with Crippen LogP contribution in [0.3, 0.4) is 0 Å². The van der Waals surface area contributed by atoms with Crippen LogP contribution in [0.4, 0.5) is 13.2 Å². The van der Waals surface area contributed by atoms with Gasteiger partial charge in [0.2, 0.25) is 5.03 Å². The van der Waals surface area contributed by atoms with Gasteiger partial charge < -0.3 is 4.74 Å². The number of benzene rings is 1. The van der Waals surface area contributed by atoms with Gasteiger partial charge in [0.15, 0.2) is 15.7 Å². The summed E-state index contributed by atoms with van der Waals surface area (Å²) in [7, 11) is -2.38. The lowest BCUT2D eigenvalue weighted by molar-refractivity contribution is 0.0551. The van der Waals surface area contributed by atoms with E-state index in [2.05, 4.69) is 9.82 Å². The fraction of sp³-hybridized carbons (Fsp3) is 0.308. The van der Waals surface area contributed by atoms with Crippen molar-refractivity contribution >= 4 is 9.92 Å². The third kappa shape index (κ3) is 3.82. The molecule has 0 unspecified atom stereocenters. The zero-order chi connectivity index (χ0) is 17.2. The molecule has 0 amide bonds. The molecule has 2 rings (SSSR count). The molecule has 0 aliphatic heterocycles. The Bertz CT molecular complexity index is 775. The molecule has 1 aromatic carbocycles. The monoisotopic (exact) mass is 348 g/mol. The van der Waals surface area contributed by atoms with Crippen molar-refractivity contribution in [1.29, 1.82) is 4.78 Å². The van der Waals surface area contributed by atoms with Gasteiger partial charge in [-0.2, -0.15) is 13.9 Å². The molecule has 2 aromatic rings. The van der Waals surface area contributed by atoms with Gasteiger partial charge in [-0.15, -0.1) is 0 Å². The average Bonchev–Trinajstić information content (AvgIpc) is 2.90. The molecule has 1 aromatic heterocycles. The van der Waals surface area contributed by atoms with Gasteiger partial charge in [-0.1, -0.05) is 12.1 Å². The second-order valence-corrected chi connectivity index (χ2v) is 6.44. The van der Waals surface area contributed by atoms with Crippen molar-refractivity contribution in [2.45, 2.75) is 24.5 Å². The number of hydrogen-bond donors (Lipinski definition) is 2. The summed E-state index contributed by atoms with van der Waals surface area (Å²) >= 11 is 0. The fourth-order valence-corrected chi connectivity index (χ4v) is 3.20. The zero-order valence-electron chi connectivity index (χ0n) is 12.3. The van der Waals surface area contributed by atoms with Crippen LogP contribution in [0.15, 0.2) is 35.5 Å². The van der Waals surface area contributed by atoms with Gasteiger partial charge >= 0.3 is 6.55 Å². The van der Waals surface area contributed by atoms with E-state index < -0.39 is 33.3 Å². The van der Waals surface area contributed by atoms with E-state index in [9.17, 15) is 17.4 Å². The van der Waals surface area contributed by atoms with E-state index in [1.54, 1.807) is 31.2 Å². The lowest BCUT2D eigenvalue weighted by Crippen LogP contribution is -2.27. The van der Waals surface area contributed by atoms with Crippen LogP contribution in [-0.4, -0.2) is 21.1 Å². The van der Waals surface area contributed by atoms with Gasteiger partial charge in [0.05, 0.1) is 13.3 Å². The van der Waals surface area contributed by atoms with E-state index in [1.165, 1.54) is 7.11 Å². The largest absolute Gasteiger partial charge is 0.497 e. The van der Waals surface area contributed by atoms with Crippen LogP contribution in [0.25, 0.3) is 0 Å². The summed E-state index contributed by atoms with van der Waals surface area (Å²) in [5, 5.41) is 2.35. The fourth-order valence-electron chi connectivity index (χ4n) is 1.91. The average molecular weight is 348 g/mol. The van der Waals surface area contributed by atoms with E-state index in [4.69, 9.17) is 9.52 Å². The van der Waals surface area contributed by atoms with Crippen LogP contribution in [0.5, 0.6) is 5.75 Å². The SMILES string of the molecule is COc1ccc([C@H](C)N[S@](=N)(=O)c2nn(C(F)F)cc2F)cc1. The van der Waals surface area contributed by atoms with Gasteiger partial charge in [-0.25, -0.2) is 22.8 Å². The lowest BCUT2D eigenvalue weighted by Gasteiger charge is -2.16. The minimum atomic E-state index is -3.89. The van der Waals surface area contributed by atoms with Crippen LogP contribution >= 0.6 is 0 Å². The number of ether oxygens (including phenoxy) is 1. The van der Waals surface area contributed by atoms with E-state index in [0.717, 1.165) is 0 Å². The maximum atomic E-state index is 13.6. The first-order valence-corrected chi connectivity index (χ1v) is 8.03. The second kappa shape index (κ2) is 6.59. The van der Waals surface area contributed by atoms with E-state index in [1.807, 2.05) is 0 Å². The molecule has 0 radical (unpaired) electrons. The van der Waals surface area contributed by atoms with Gasteiger partial charge in [-0.3, -0.25) is 0 Å². The number of hydrogen-bond acceptors (Lipinski definition) is 4. The van der Waals surface area contributed by atoms with E-state index >= 15 is 0 Å². The topological polar surface area (TPSA) is 80.0 Å². The first-order valence-electron chi connectivity index (χ1n) is 6.47. The molecule has 0 aliphatic rings. The summed E-state index contributed by atoms with van der Waals surface area (Å²) in [6.07, 6.45) is 0.411. The molecule has 10 heteroatoms. The quantitative estimate of drug-likeness (QED) is 0.842. The molecule has 0 bridgehead atoms. The van der Waals surface area contributed by atoms with Crippen molar-refractivity contribution in [3.63, 3.8) is 0 Å². The van der Waals surface area contributed by atoms with E-state index in [0.29, 0.717) is 17.5 Å². The first kappa shape index (κ1) is 17.3. The number of halogens is 3. The summed E-state index contributed by atoms with van der Waals surface area (Å²) in [5.74, 6) is -0.603. The summed E-state index contributed by atoms with van der Waals surface area (Å²) in [5.41, 5.74) is 0.666. The van der Waals surface area contributed by atoms with Crippen molar-refractivity contribution in [3.05, 3.63) is 41.8 Å². The highest BCUT2D eigenvalue weighted by molar-refractivity contribution is 7.90. The molecule has 0 spiro atoms. The molecule has 1 heterocycles. The van der Waals surface area contributed by atoms with Crippen molar-refractivity contribution in [2.24, 2.45) is 0 Å². The third-order valence-corrected chi connectivity index (χ3v) is 4.59. The minimum absolute atomic E-state index is 0.0264. The van der Waals surface area contributed by atoms with Crippen LogP contribution in [0.2, 0.25) is 0 Å². The Hall–Kier alpha value is -2.07. The van der Waals surface area contributed by atoms with Crippen molar-refractivity contribution in [3.8, 4) is 5.75 Å². The lowest BCUT2D eigenvalue weighted by atomic mass is 10.1. The van der Waals surface area contributed by atoms with Crippen LogP contribution in [-0.2, 0) is 9.92 Å². The molecular formula is C13H15F3N4O2S. The smallest absolute Gasteiger partial charge is 0.333 e. The number of rotatable bonds is 6. The Labute approximate surface area is 131 Å². The highest BCUT2D eigenvalue weighted by Crippen LogP contribution is 2.22.